The van der Waals surface area contributed by atoms with E-state index < -0.39 is 10.8 Å². The minimum Gasteiger partial charge on any atom is -0.321 e. The van der Waals surface area contributed by atoms with E-state index in [4.69, 9.17) is 0 Å². The highest BCUT2D eigenvalue weighted by atomic mass is 16.6. The van der Waals surface area contributed by atoms with Gasteiger partial charge in [-0.1, -0.05) is 36.8 Å². The van der Waals surface area contributed by atoms with Crippen molar-refractivity contribution in [2.45, 2.75) is 20.3 Å². The number of nitrogens with zero attached hydrogens (tertiary/aromatic N) is 2. The van der Waals surface area contributed by atoms with Crippen molar-refractivity contribution in [3.05, 3.63) is 74.8 Å². The van der Waals surface area contributed by atoms with Crippen molar-refractivity contribution in [2.75, 3.05) is 5.32 Å². The molecule has 6 heteroatoms. The first-order valence-electron chi connectivity index (χ1n) is 7.71. The van der Waals surface area contributed by atoms with E-state index in [1.54, 1.807) is 24.3 Å². The van der Waals surface area contributed by atoms with Crippen LogP contribution in [0.3, 0.4) is 0 Å². The van der Waals surface area contributed by atoms with E-state index in [9.17, 15) is 20.2 Å². The Morgan fingerprint density at radius 3 is 2.52 bits per heavy atom. The van der Waals surface area contributed by atoms with E-state index in [1.807, 2.05) is 32.0 Å². The zero-order valence-electron chi connectivity index (χ0n) is 13.9. The molecule has 0 radical (unpaired) electrons. The average Bonchev–Trinajstić information content (AvgIpc) is 2.61. The maximum absolute atomic E-state index is 12.2. The molecule has 0 aliphatic rings. The van der Waals surface area contributed by atoms with E-state index in [0.29, 0.717) is 23.2 Å². The number of carbonyl (C=O) groups is 1. The van der Waals surface area contributed by atoms with Gasteiger partial charge in [0.05, 0.1) is 4.92 Å². The number of carbonyl (C=O) groups excluding carboxylic acids is 1. The van der Waals surface area contributed by atoms with Crippen molar-refractivity contribution in [3.8, 4) is 6.07 Å². The molecule has 0 saturated heterocycles. The first-order valence-corrected chi connectivity index (χ1v) is 7.71. The van der Waals surface area contributed by atoms with Gasteiger partial charge >= 0.3 is 0 Å². The molecule has 0 spiro atoms. The Bertz CT molecular complexity index is 878. The molecule has 0 unspecified atom stereocenters. The second-order valence-corrected chi connectivity index (χ2v) is 5.49. The van der Waals surface area contributed by atoms with Crippen LogP contribution in [-0.4, -0.2) is 10.8 Å². The summed E-state index contributed by atoms with van der Waals surface area (Å²) in [5.41, 5.74) is 2.51. The van der Waals surface area contributed by atoms with Gasteiger partial charge in [0, 0.05) is 17.3 Å². The third-order valence-corrected chi connectivity index (χ3v) is 3.67. The van der Waals surface area contributed by atoms with Crippen LogP contribution in [0.1, 0.15) is 23.6 Å². The highest BCUT2D eigenvalue weighted by Gasteiger charge is 2.14. The van der Waals surface area contributed by atoms with E-state index in [2.05, 4.69) is 5.32 Å². The summed E-state index contributed by atoms with van der Waals surface area (Å²) in [6.07, 6.45) is 1.87. The number of hydrogen-bond acceptors (Lipinski definition) is 4. The van der Waals surface area contributed by atoms with Crippen LogP contribution in [0.4, 0.5) is 11.4 Å². The second-order valence-electron chi connectivity index (χ2n) is 5.49. The molecular formula is C19H17N3O3. The molecule has 0 aliphatic carbocycles. The number of nitrogens with one attached hydrogen (secondary N) is 1. The molecule has 2 rings (SSSR count). The van der Waals surface area contributed by atoms with Crippen LogP contribution in [-0.2, 0) is 11.2 Å². The summed E-state index contributed by atoms with van der Waals surface area (Å²) >= 11 is 0. The predicted octanol–water partition coefficient (Wildman–Crippen LogP) is 4.01. The quantitative estimate of drug-likeness (QED) is 0.386. The molecule has 0 heterocycles. The molecule has 1 N–H and O–H groups in total. The molecule has 2 aromatic rings. The molecule has 1 amide bonds. The zero-order chi connectivity index (χ0) is 18.4. The van der Waals surface area contributed by atoms with Gasteiger partial charge in [-0.15, -0.1) is 0 Å². The number of amides is 1. The molecule has 0 aromatic heterocycles. The maximum Gasteiger partial charge on any atom is 0.273 e. The first kappa shape index (κ1) is 17.9. The lowest BCUT2D eigenvalue weighted by Crippen LogP contribution is -2.13. The molecule has 0 saturated carbocycles. The van der Waals surface area contributed by atoms with Crippen LogP contribution in [0.2, 0.25) is 0 Å². The lowest BCUT2D eigenvalue weighted by molar-refractivity contribution is -0.385. The normalized spacial score (nSPS) is 10.8. The zero-order valence-corrected chi connectivity index (χ0v) is 13.9. The number of hydrogen-bond donors (Lipinski definition) is 1. The van der Waals surface area contributed by atoms with Gasteiger partial charge in [0.2, 0.25) is 0 Å². The predicted molar refractivity (Wildman–Crippen MR) is 95.9 cm³/mol. The minimum absolute atomic E-state index is 0.0208. The van der Waals surface area contributed by atoms with Gasteiger partial charge in [-0.2, -0.15) is 5.26 Å². The monoisotopic (exact) mass is 335 g/mol. The Kier molecular flexibility index (Phi) is 5.64. The van der Waals surface area contributed by atoms with E-state index in [-0.39, 0.29) is 11.3 Å². The lowest BCUT2D eigenvalue weighted by atomic mass is 10.0. The third kappa shape index (κ3) is 4.52. The molecule has 25 heavy (non-hydrogen) atoms. The molecule has 6 nitrogen and oxygen atoms in total. The summed E-state index contributed by atoms with van der Waals surface area (Å²) < 4.78 is 0. The summed E-state index contributed by atoms with van der Waals surface area (Å²) in [5.74, 6) is -0.562. The fourth-order valence-electron chi connectivity index (χ4n) is 2.29. The Morgan fingerprint density at radius 1 is 1.28 bits per heavy atom. The first-order chi connectivity index (χ1) is 11.9. The maximum atomic E-state index is 12.2. The van der Waals surface area contributed by atoms with Crippen molar-refractivity contribution in [2.24, 2.45) is 0 Å². The molecule has 0 fully saturated rings. The standard InChI is InChI=1S/C19H17N3O3/c1-3-15-7-6-14(11-18(15)22(24)25)10-16(12-20)19(23)21-17-8-4-13(2)5-9-17/h4-11H,3H2,1-2H3,(H,21,23). The van der Waals surface area contributed by atoms with Crippen molar-refractivity contribution >= 4 is 23.4 Å². The summed E-state index contributed by atoms with van der Waals surface area (Å²) in [6.45, 7) is 3.76. The van der Waals surface area contributed by atoms with Crippen LogP contribution in [0.25, 0.3) is 6.08 Å². The average molecular weight is 335 g/mol. The number of anilines is 1. The van der Waals surface area contributed by atoms with Crippen LogP contribution in [0.15, 0.2) is 48.0 Å². The van der Waals surface area contributed by atoms with Crippen LogP contribution in [0, 0.1) is 28.4 Å². The highest BCUT2D eigenvalue weighted by Crippen LogP contribution is 2.22. The van der Waals surface area contributed by atoms with Gasteiger partial charge in [0.25, 0.3) is 11.6 Å². The van der Waals surface area contributed by atoms with Crippen LogP contribution < -0.4 is 5.32 Å². The smallest absolute Gasteiger partial charge is 0.273 e. The summed E-state index contributed by atoms with van der Waals surface area (Å²) in [5, 5.41) is 23.0. The largest absolute Gasteiger partial charge is 0.321 e. The van der Waals surface area contributed by atoms with Gasteiger partial charge in [-0.3, -0.25) is 14.9 Å². The van der Waals surface area contributed by atoms with E-state index in [1.165, 1.54) is 12.1 Å². The van der Waals surface area contributed by atoms with Crippen molar-refractivity contribution in [1.29, 1.82) is 5.26 Å². The SMILES string of the molecule is CCc1ccc(C=C(C#N)C(=O)Nc2ccc(C)cc2)cc1[N+](=O)[O-]. The Balaban J connectivity index is 2.29. The Labute approximate surface area is 145 Å². The molecular weight excluding hydrogens is 318 g/mol. The fourth-order valence-corrected chi connectivity index (χ4v) is 2.29. The van der Waals surface area contributed by atoms with Gasteiger partial charge in [0.1, 0.15) is 11.6 Å². The number of rotatable bonds is 5. The van der Waals surface area contributed by atoms with E-state index >= 15 is 0 Å². The number of benzene rings is 2. The second kappa shape index (κ2) is 7.88. The fraction of sp³-hybridized carbons (Fsp3) is 0.158. The van der Waals surface area contributed by atoms with Crippen LogP contribution in [0.5, 0.6) is 0 Å². The van der Waals surface area contributed by atoms with E-state index in [0.717, 1.165) is 5.56 Å². The van der Waals surface area contributed by atoms with Gasteiger partial charge in [0.15, 0.2) is 0 Å². The number of nitro benzene ring substituents is 1. The Hall–Kier alpha value is -3.46. The van der Waals surface area contributed by atoms with Crippen LogP contribution >= 0.6 is 0 Å². The van der Waals surface area contributed by atoms with Gasteiger partial charge in [-0.05, 0) is 37.1 Å². The van der Waals surface area contributed by atoms with Crippen molar-refractivity contribution in [3.63, 3.8) is 0 Å². The molecule has 0 atom stereocenters. The molecule has 2 aromatic carbocycles. The molecule has 126 valence electrons. The van der Waals surface area contributed by atoms with Gasteiger partial charge < -0.3 is 5.32 Å². The topological polar surface area (TPSA) is 96.0 Å². The summed E-state index contributed by atoms with van der Waals surface area (Å²) in [4.78, 5) is 22.9. The summed E-state index contributed by atoms with van der Waals surface area (Å²) in [6, 6.07) is 13.7. The third-order valence-electron chi connectivity index (χ3n) is 3.67. The van der Waals surface area contributed by atoms with Gasteiger partial charge in [-0.25, -0.2) is 0 Å². The Morgan fingerprint density at radius 2 is 1.96 bits per heavy atom. The number of aryl methyl sites for hydroxylation is 2. The lowest BCUT2D eigenvalue weighted by Gasteiger charge is -2.05. The minimum atomic E-state index is -0.562. The number of nitro groups is 1. The molecule has 0 bridgehead atoms. The van der Waals surface area contributed by atoms with Crippen molar-refractivity contribution in [1.82, 2.24) is 0 Å². The number of nitriles is 1. The molecule has 0 aliphatic heterocycles. The summed E-state index contributed by atoms with van der Waals surface area (Å²) in [7, 11) is 0. The highest BCUT2D eigenvalue weighted by molar-refractivity contribution is 6.09. The van der Waals surface area contributed by atoms with Crippen molar-refractivity contribution < 1.29 is 9.72 Å².